The van der Waals surface area contributed by atoms with E-state index in [2.05, 4.69) is 21.2 Å². The molecule has 0 aliphatic heterocycles. The van der Waals surface area contributed by atoms with E-state index in [0.717, 1.165) is 19.9 Å². The Morgan fingerprint density at radius 2 is 1.68 bits per heavy atom. The first-order chi connectivity index (χ1) is 16.2. The van der Waals surface area contributed by atoms with E-state index in [9.17, 15) is 13.2 Å². The summed E-state index contributed by atoms with van der Waals surface area (Å²) in [6.07, 6.45) is 0. The van der Waals surface area contributed by atoms with Crippen molar-refractivity contribution in [3.63, 3.8) is 0 Å². The Bertz CT molecular complexity index is 1240. The van der Waals surface area contributed by atoms with Gasteiger partial charge in [0.15, 0.2) is 11.5 Å². The Labute approximate surface area is 208 Å². The van der Waals surface area contributed by atoms with Crippen molar-refractivity contribution in [3.8, 4) is 11.5 Å². The number of nitrogens with one attached hydrogen (secondary N) is 1. The van der Waals surface area contributed by atoms with Gasteiger partial charge in [-0.25, -0.2) is 8.42 Å². The minimum Gasteiger partial charge on any atom is -0.493 e. The van der Waals surface area contributed by atoms with Crippen molar-refractivity contribution >= 4 is 31.9 Å². The Kier molecular flexibility index (Phi) is 8.71. The maximum Gasteiger partial charge on any atom is 0.243 e. The summed E-state index contributed by atoms with van der Waals surface area (Å²) in [7, 11) is -1.12. The molecule has 1 N–H and O–H groups in total. The Morgan fingerprint density at radius 1 is 0.971 bits per heavy atom. The van der Waals surface area contributed by atoms with Gasteiger partial charge in [0.05, 0.1) is 31.7 Å². The summed E-state index contributed by atoms with van der Waals surface area (Å²) >= 11 is 3.43. The Balaban J connectivity index is 1.88. The summed E-state index contributed by atoms with van der Waals surface area (Å²) in [5, 5.41) is 2.89. The summed E-state index contributed by atoms with van der Waals surface area (Å²) in [6, 6.07) is 20.8. The molecule has 180 valence electrons. The molecular weight excluding hydrogens is 520 g/mol. The van der Waals surface area contributed by atoms with Gasteiger partial charge in [-0.15, -0.1) is 0 Å². The van der Waals surface area contributed by atoms with Crippen LogP contribution < -0.4 is 14.8 Å². The minimum atomic E-state index is -4.03. The van der Waals surface area contributed by atoms with Crippen molar-refractivity contribution in [2.75, 3.05) is 20.8 Å². The van der Waals surface area contributed by atoms with Crippen molar-refractivity contribution < 1.29 is 22.7 Å². The fraction of sp³-hybridized carbons (Fsp3) is 0.240. The first kappa shape index (κ1) is 25.7. The van der Waals surface area contributed by atoms with Gasteiger partial charge < -0.3 is 14.8 Å². The van der Waals surface area contributed by atoms with Crippen molar-refractivity contribution in [2.24, 2.45) is 0 Å². The van der Waals surface area contributed by atoms with E-state index in [0.29, 0.717) is 5.75 Å². The van der Waals surface area contributed by atoms with E-state index < -0.39 is 15.9 Å². The minimum absolute atomic E-state index is 0.00826. The van der Waals surface area contributed by atoms with Crippen molar-refractivity contribution in [1.29, 1.82) is 0 Å². The molecule has 0 saturated carbocycles. The molecule has 1 amide bonds. The standard InChI is InChI=1S/C25H27BrN2O5S/c1-18(20-10-7-11-21(26)14-20)27-25(29)17-28(16-19-8-5-4-6-9-19)34(30,31)22-12-13-23(32-2)24(15-22)33-3/h4-15,18H,16-17H2,1-3H3,(H,27,29)/t18-/m1/s1. The Hall–Kier alpha value is -2.88. The predicted molar refractivity (Wildman–Crippen MR) is 134 cm³/mol. The monoisotopic (exact) mass is 546 g/mol. The number of ether oxygens (including phenoxy) is 2. The van der Waals surface area contributed by atoms with Crippen LogP contribution in [0.25, 0.3) is 0 Å². The maximum absolute atomic E-state index is 13.6. The number of nitrogens with zero attached hydrogens (tertiary/aromatic N) is 1. The summed E-state index contributed by atoms with van der Waals surface area (Å²) in [4.78, 5) is 12.9. The zero-order chi connectivity index (χ0) is 24.7. The van der Waals surface area contributed by atoms with Gasteiger partial charge in [-0.1, -0.05) is 58.4 Å². The van der Waals surface area contributed by atoms with Crippen molar-refractivity contribution in [2.45, 2.75) is 24.4 Å². The molecule has 3 aromatic carbocycles. The van der Waals surface area contributed by atoms with Crippen molar-refractivity contribution in [3.05, 3.63) is 88.4 Å². The lowest BCUT2D eigenvalue weighted by atomic mass is 10.1. The Morgan fingerprint density at radius 3 is 2.32 bits per heavy atom. The van der Waals surface area contributed by atoms with Crippen LogP contribution in [0.4, 0.5) is 0 Å². The summed E-state index contributed by atoms with van der Waals surface area (Å²) in [6.45, 7) is 1.55. The molecular formula is C25H27BrN2O5S. The zero-order valence-corrected chi connectivity index (χ0v) is 21.6. The molecule has 7 nitrogen and oxygen atoms in total. The molecule has 0 spiro atoms. The van der Waals surface area contributed by atoms with Gasteiger partial charge in [-0.05, 0) is 42.3 Å². The van der Waals surface area contributed by atoms with E-state index in [4.69, 9.17) is 9.47 Å². The quantitative estimate of drug-likeness (QED) is 0.403. The van der Waals surface area contributed by atoms with Crippen LogP contribution >= 0.6 is 15.9 Å². The number of halogens is 1. The lowest BCUT2D eigenvalue weighted by molar-refractivity contribution is -0.122. The molecule has 0 bridgehead atoms. The highest BCUT2D eigenvalue weighted by atomic mass is 79.9. The second-order valence-electron chi connectivity index (χ2n) is 7.62. The first-order valence-corrected chi connectivity index (χ1v) is 12.8. The lowest BCUT2D eigenvalue weighted by Gasteiger charge is -2.24. The number of hydrogen-bond donors (Lipinski definition) is 1. The van der Waals surface area contributed by atoms with Gasteiger partial charge in [0.2, 0.25) is 15.9 Å². The van der Waals surface area contributed by atoms with Crippen LogP contribution in [0, 0.1) is 0 Å². The molecule has 0 heterocycles. The van der Waals surface area contributed by atoms with E-state index in [1.165, 1.54) is 32.4 Å². The third-order valence-electron chi connectivity index (χ3n) is 5.24. The maximum atomic E-state index is 13.6. The van der Waals surface area contributed by atoms with Crippen LogP contribution in [-0.4, -0.2) is 39.4 Å². The number of amides is 1. The molecule has 0 aliphatic carbocycles. The molecule has 3 aromatic rings. The summed E-state index contributed by atoms with van der Waals surface area (Å²) in [5.74, 6) is 0.292. The van der Waals surface area contributed by atoms with Gasteiger partial charge in [0.1, 0.15) is 0 Å². The normalized spacial score (nSPS) is 12.3. The van der Waals surface area contributed by atoms with E-state index >= 15 is 0 Å². The molecule has 9 heteroatoms. The number of rotatable bonds is 10. The molecule has 0 aliphatic rings. The van der Waals surface area contributed by atoms with Crippen LogP contribution in [0.15, 0.2) is 82.2 Å². The fourth-order valence-electron chi connectivity index (χ4n) is 3.45. The first-order valence-electron chi connectivity index (χ1n) is 10.6. The third-order valence-corrected chi connectivity index (χ3v) is 7.52. The molecule has 3 rings (SSSR count). The van der Waals surface area contributed by atoms with Crippen LogP contribution in [0.3, 0.4) is 0 Å². The zero-order valence-electron chi connectivity index (χ0n) is 19.2. The van der Waals surface area contributed by atoms with E-state index in [1.807, 2.05) is 61.5 Å². The number of carbonyl (C=O) groups is 1. The largest absolute Gasteiger partial charge is 0.493 e. The highest BCUT2D eigenvalue weighted by Gasteiger charge is 2.28. The number of methoxy groups -OCH3 is 2. The van der Waals surface area contributed by atoms with Gasteiger partial charge in [0, 0.05) is 17.1 Å². The third kappa shape index (κ3) is 6.37. The molecule has 0 radical (unpaired) electrons. The SMILES string of the molecule is COc1ccc(S(=O)(=O)N(CC(=O)N[C@H](C)c2cccc(Br)c2)Cc2ccccc2)cc1OC. The van der Waals surface area contributed by atoms with Crippen LogP contribution in [0.1, 0.15) is 24.1 Å². The summed E-state index contributed by atoms with van der Waals surface area (Å²) < 4.78 is 39.7. The number of sulfonamides is 1. The predicted octanol–water partition coefficient (Wildman–Crippen LogP) is 4.53. The fourth-order valence-corrected chi connectivity index (χ4v) is 5.26. The van der Waals surface area contributed by atoms with Crippen LogP contribution in [0.2, 0.25) is 0 Å². The second-order valence-corrected chi connectivity index (χ2v) is 10.5. The van der Waals surface area contributed by atoms with Gasteiger partial charge >= 0.3 is 0 Å². The van der Waals surface area contributed by atoms with E-state index in [-0.39, 0.29) is 29.8 Å². The highest BCUT2D eigenvalue weighted by Crippen LogP contribution is 2.31. The molecule has 1 atom stereocenters. The molecule has 0 aromatic heterocycles. The summed E-state index contributed by atoms with van der Waals surface area (Å²) in [5.41, 5.74) is 1.67. The molecule has 0 fully saturated rings. The van der Waals surface area contributed by atoms with Gasteiger partial charge in [0.25, 0.3) is 0 Å². The van der Waals surface area contributed by atoms with E-state index in [1.54, 1.807) is 0 Å². The average molecular weight is 547 g/mol. The molecule has 0 unspecified atom stereocenters. The van der Waals surface area contributed by atoms with Crippen LogP contribution in [0.5, 0.6) is 11.5 Å². The smallest absolute Gasteiger partial charge is 0.243 e. The number of carbonyl (C=O) groups excluding carboxylic acids is 1. The number of benzene rings is 3. The van der Waals surface area contributed by atoms with Gasteiger partial charge in [-0.2, -0.15) is 4.31 Å². The van der Waals surface area contributed by atoms with Gasteiger partial charge in [-0.3, -0.25) is 4.79 Å². The second kappa shape index (κ2) is 11.5. The number of hydrogen-bond acceptors (Lipinski definition) is 5. The van der Waals surface area contributed by atoms with Crippen molar-refractivity contribution in [1.82, 2.24) is 9.62 Å². The highest BCUT2D eigenvalue weighted by molar-refractivity contribution is 9.10. The molecule has 0 saturated heterocycles. The average Bonchev–Trinajstić information content (AvgIpc) is 2.83. The lowest BCUT2D eigenvalue weighted by Crippen LogP contribution is -2.41. The topological polar surface area (TPSA) is 84.9 Å². The molecule has 34 heavy (non-hydrogen) atoms. The van der Waals surface area contributed by atoms with Crippen LogP contribution in [-0.2, 0) is 21.4 Å².